The summed E-state index contributed by atoms with van der Waals surface area (Å²) in [5, 5.41) is 4.99. The number of amides is 3. The largest absolute Gasteiger partial charge is 0.497 e. The molecule has 2 N–H and O–H groups in total. The number of esters is 1. The third kappa shape index (κ3) is 7.13. The second-order valence-corrected chi connectivity index (χ2v) is 6.61. The SMILES string of the molecule is COc1cccc(/C=C/C(=O)OCC(=O)NC(=O)N[C@H]2CCCC[C@H]2C)c1. The van der Waals surface area contributed by atoms with Crippen LogP contribution in [0.4, 0.5) is 4.79 Å². The van der Waals surface area contributed by atoms with Crippen LogP contribution in [0.5, 0.6) is 5.75 Å². The highest BCUT2D eigenvalue weighted by Gasteiger charge is 2.23. The molecule has 1 aromatic rings. The summed E-state index contributed by atoms with van der Waals surface area (Å²) in [6, 6.07) is 6.66. The number of urea groups is 1. The molecule has 0 unspecified atom stereocenters. The maximum absolute atomic E-state index is 11.9. The van der Waals surface area contributed by atoms with Crippen molar-refractivity contribution < 1.29 is 23.9 Å². The van der Waals surface area contributed by atoms with Gasteiger partial charge in [-0.25, -0.2) is 9.59 Å². The Hall–Kier alpha value is -2.83. The summed E-state index contributed by atoms with van der Waals surface area (Å²) in [6.45, 7) is 1.57. The molecule has 0 aliphatic heterocycles. The molecule has 0 heterocycles. The lowest BCUT2D eigenvalue weighted by molar-refractivity contribution is -0.143. The van der Waals surface area contributed by atoms with Gasteiger partial charge in [0.15, 0.2) is 6.61 Å². The molecule has 2 atom stereocenters. The summed E-state index contributed by atoms with van der Waals surface area (Å²) in [5.41, 5.74) is 0.761. The Morgan fingerprint density at radius 2 is 2.00 bits per heavy atom. The van der Waals surface area contributed by atoms with Crippen LogP contribution in [0.2, 0.25) is 0 Å². The van der Waals surface area contributed by atoms with E-state index in [0.29, 0.717) is 11.7 Å². The molecule has 0 bridgehead atoms. The van der Waals surface area contributed by atoms with Gasteiger partial charge in [-0.05, 0) is 42.5 Å². The van der Waals surface area contributed by atoms with Crippen LogP contribution in [0.1, 0.15) is 38.2 Å². The molecule has 0 radical (unpaired) electrons. The highest BCUT2D eigenvalue weighted by molar-refractivity contribution is 5.96. The van der Waals surface area contributed by atoms with Crippen LogP contribution < -0.4 is 15.4 Å². The lowest BCUT2D eigenvalue weighted by atomic mass is 9.86. The smallest absolute Gasteiger partial charge is 0.331 e. The predicted octanol–water partition coefficient (Wildman–Crippen LogP) is 2.66. The van der Waals surface area contributed by atoms with E-state index in [9.17, 15) is 14.4 Å². The molecule has 1 aliphatic carbocycles. The number of hydrogen-bond donors (Lipinski definition) is 2. The minimum atomic E-state index is -0.672. The fourth-order valence-corrected chi connectivity index (χ4v) is 2.99. The van der Waals surface area contributed by atoms with Crippen LogP contribution in [0.3, 0.4) is 0 Å². The zero-order chi connectivity index (χ0) is 19.6. The fourth-order valence-electron chi connectivity index (χ4n) is 2.99. The van der Waals surface area contributed by atoms with Gasteiger partial charge in [-0.3, -0.25) is 10.1 Å². The van der Waals surface area contributed by atoms with E-state index in [1.807, 2.05) is 0 Å². The van der Waals surface area contributed by atoms with Crippen molar-refractivity contribution in [3.63, 3.8) is 0 Å². The molecule has 0 aromatic heterocycles. The quantitative estimate of drug-likeness (QED) is 0.590. The van der Waals surface area contributed by atoms with Gasteiger partial charge in [0.05, 0.1) is 7.11 Å². The number of nitrogens with one attached hydrogen (secondary N) is 2. The molecule has 1 saturated carbocycles. The van der Waals surface area contributed by atoms with E-state index in [-0.39, 0.29) is 6.04 Å². The number of carbonyl (C=O) groups is 3. The Morgan fingerprint density at radius 3 is 2.74 bits per heavy atom. The molecule has 146 valence electrons. The van der Waals surface area contributed by atoms with Crippen LogP contribution in [0.15, 0.2) is 30.3 Å². The first-order chi connectivity index (χ1) is 13.0. The van der Waals surface area contributed by atoms with E-state index in [1.54, 1.807) is 37.5 Å². The van der Waals surface area contributed by atoms with Gasteiger partial charge < -0.3 is 14.8 Å². The molecule has 3 amide bonds. The summed E-state index contributed by atoms with van der Waals surface area (Å²) in [7, 11) is 1.56. The van der Waals surface area contributed by atoms with Gasteiger partial charge in [0.1, 0.15) is 5.75 Å². The molecule has 7 heteroatoms. The van der Waals surface area contributed by atoms with E-state index in [0.717, 1.165) is 24.8 Å². The maximum atomic E-state index is 11.9. The van der Waals surface area contributed by atoms with Crippen LogP contribution in [0.25, 0.3) is 6.08 Å². The number of hydrogen-bond acceptors (Lipinski definition) is 5. The summed E-state index contributed by atoms with van der Waals surface area (Å²) >= 11 is 0. The molecular formula is C20H26N2O5. The minimum Gasteiger partial charge on any atom is -0.497 e. The highest BCUT2D eigenvalue weighted by atomic mass is 16.5. The minimum absolute atomic E-state index is 0.0693. The van der Waals surface area contributed by atoms with Crippen LogP contribution in [-0.4, -0.2) is 37.7 Å². The third-order valence-electron chi connectivity index (χ3n) is 4.53. The summed E-state index contributed by atoms with van der Waals surface area (Å²) in [6.07, 6.45) is 6.98. The van der Waals surface area contributed by atoms with Crippen molar-refractivity contribution in [1.82, 2.24) is 10.6 Å². The van der Waals surface area contributed by atoms with Gasteiger partial charge in [0.2, 0.25) is 0 Å². The van der Waals surface area contributed by atoms with E-state index >= 15 is 0 Å². The first-order valence-electron chi connectivity index (χ1n) is 9.07. The van der Waals surface area contributed by atoms with E-state index in [2.05, 4.69) is 17.6 Å². The number of imide groups is 1. The van der Waals surface area contributed by atoms with E-state index in [1.165, 1.54) is 12.5 Å². The molecule has 2 rings (SSSR count). The topological polar surface area (TPSA) is 93.7 Å². The Morgan fingerprint density at radius 1 is 1.22 bits per heavy atom. The van der Waals surface area contributed by atoms with Gasteiger partial charge in [-0.1, -0.05) is 31.9 Å². The van der Waals surface area contributed by atoms with Crippen molar-refractivity contribution in [1.29, 1.82) is 0 Å². The second-order valence-electron chi connectivity index (χ2n) is 6.61. The molecule has 1 aliphatic rings. The molecular weight excluding hydrogens is 348 g/mol. The highest BCUT2D eigenvalue weighted by Crippen LogP contribution is 2.23. The Bertz CT molecular complexity index is 701. The van der Waals surface area contributed by atoms with Crippen LogP contribution >= 0.6 is 0 Å². The first-order valence-corrected chi connectivity index (χ1v) is 9.07. The van der Waals surface area contributed by atoms with Crippen molar-refractivity contribution in [2.45, 2.75) is 38.6 Å². The van der Waals surface area contributed by atoms with Crippen LogP contribution in [0, 0.1) is 5.92 Å². The number of methoxy groups -OCH3 is 1. The first kappa shape index (κ1) is 20.5. The van der Waals surface area contributed by atoms with Crippen molar-refractivity contribution in [3.05, 3.63) is 35.9 Å². The molecule has 1 fully saturated rings. The van der Waals surface area contributed by atoms with Gasteiger partial charge in [-0.2, -0.15) is 0 Å². The van der Waals surface area contributed by atoms with Gasteiger partial charge >= 0.3 is 12.0 Å². The lowest BCUT2D eigenvalue weighted by Gasteiger charge is -2.29. The Kier molecular flexibility index (Phi) is 7.85. The van der Waals surface area contributed by atoms with Crippen molar-refractivity contribution in [2.75, 3.05) is 13.7 Å². The number of carbonyl (C=O) groups excluding carboxylic acids is 3. The van der Waals surface area contributed by atoms with Gasteiger partial charge in [0.25, 0.3) is 5.91 Å². The molecule has 0 spiro atoms. The van der Waals surface area contributed by atoms with E-state index < -0.39 is 24.5 Å². The average Bonchev–Trinajstić information content (AvgIpc) is 2.66. The fraction of sp³-hybridized carbons (Fsp3) is 0.450. The van der Waals surface area contributed by atoms with Crippen molar-refractivity contribution in [3.8, 4) is 5.75 Å². The van der Waals surface area contributed by atoms with Crippen LogP contribution in [-0.2, 0) is 14.3 Å². The van der Waals surface area contributed by atoms with Gasteiger partial charge in [-0.15, -0.1) is 0 Å². The second kappa shape index (κ2) is 10.4. The normalized spacial score (nSPS) is 19.3. The molecule has 7 nitrogen and oxygen atoms in total. The zero-order valence-corrected chi connectivity index (χ0v) is 15.7. The molecule has 1 aromatic carbocycles. The average molecular weight is 374 g/mol. The van der Waals surface area contributed by atoms with Crippen molar-refractivity contribution in [2.24, 2.45) is 5.92 Å². The van der Waals surface area contributed by atoms with Gasteiger partial charge in [0, 0.05) is 12.1 Å². The molecule has 0 saturated heterocycles. The third-order valence-corrected chi connectivity index (χ3v) is 4.53. The van der Waals surface area contributed by atoms with E-state index in [4.69, 9.17) is 9.47 Å². The lowest BCUT2D eigenvalue weighted by Crippen LogP contribution is -2.48. The Balaban J connectivity index is 1.71. The summed E-state index contributed by atoms with van der Waals surface area (Å²) in [4.78, 5) is 35.3. The summed E-state index contributed by atoms with van der Waals surface area (Å²) in [5.74, 6) is -0.282. The predicted molar refractivity (Wildman–Crippen MR) is 101 cm³/mol. The number of benzene rings is 1. The Labute approximate surface area is 159 Å². The number of rotatable bonds is 6. The monoisotopic (exact) mass is 374 g/mol. The summed E-state index contributed by atoms with van der Waals surface area (Å²) < 4.78 is 9.94. The molecule has 27 heavy (non-hydrogen) atoms. The number of ether oxygens (including phenoxy) is 2. The maximum Gasteiger partial charge on any atom is 0.331 e. The van der Waals surface area contributed by atoms with Crippen molar-refractivity contribution >= 4 is 24.0 Å². The zero-order valence-electron chi connectivity index (χ0n) is 15.7. The standard InChI is InChI=1S/C20H26N2O5/c1-14-6-3-4-9-17(14)21-20(25)22-18(23)13-27-19(24)11-10-15-7-5-8-16(12-15)26-2/h5,7-8,10-12,14,17H,3-4,6,9,13H2,1-2H3,(H2,21,22,23,25)/b11-10+/t14-,17+/m1/s1.